The molecular formula is C14H12Cl2N2O3. The van der Waals surface area contributed by atoms with Crippen LogP contribution >= 0.6 is 23.2 Å². The second kappa shape index (κ2) is 6.20. The van der Waals surface area contributed by atoms with Gasteiger partial charge in [0.05, 0.1) is 15.6 Å². The van der Waals surface area contributed by atoms with Gasteiger partial charge in [0.15, 0.2) is 0 Å². The number of rotatable bonds is 2. The number of hydrogen-bond acceptors (Lipinski definition) is 3. The Morgan fingerprint density at radius 2 is 1.67 bits per heavy atom. The molecule has 0 aliphatic rings. The third kappa shape index (κ3) is 3.56. The van der Waals surface area contributed by atoms with Crippen molar-refractivity contribution >= 4 is 35.0 Å². The highest BCUT2D eigenvalue weighted by molar-refractivity contribution is 6.42. The van der Waals surface area contributed by atoms with Crippen LogP contribution in [0.2, 0.25) is 10.0 Å². The molecule has 2 N–H and O–H groups in total. The van der Waals surface area contributed by atoms with Gasteiger partial charge in [-0.15, -0.1) is 0 Å². The summed E-state index contributed by atoms with van der Waals surface area (Å²) >= 11 is 11.6. The van der Waals surface area contributed by atoms with Crippen molar-refractivity contribution in [3.8, 4) is 0 Å². The lowest BCUT2D eigenvalue weighted by atomic mass is 10.2. The molecule has 0 aliphatic heterocycles. The lowest BCUT2D eigenvalue weighted by Gasteiger charge is -2.07. The Hall–Kier alpha value is -1.98. The minimum Gasteiger partial charge on any atom is -0.466 e. The molecule has 1 aromatic carbocycles. The van der Waals surface area contributed by atoms with E-state index in [2.05, 4.69) is 10.9 Å². The summed E-state index contributed by atoms with van der Waals surface area (Å²) in [5.41, 5.74) is 5.25. The number of amides is 2. The van der Waals surface area contributed by atoms with Crippen LogP contribution in [-0.2, 0) is 0 Å². The van der Waals surface area contributed by atoms with E-state index in [4.69, 9.17) is 27.6 Å². The number of carbonyl (C=O) groups excluding carboxylic acids is 2. The number of hydrogen-bond donors (Lipinski definition) is 2. The van der Waals surface area contributed by atoms with E-state index in [9.17, 15) is 9.59 Å². The van der Waals surface area contributed by atoms with Crippen molar-refractivity contribution in [3.05, 3.63) is 57.0 Å². The van der Waals surface area contributed by atoms with Gasteiger partial charge in [0, 0.05) is 5.56 Å². The summed E-state index contributed by atoms with van der Waals surface area (Å²) in [5, 5.41) is 0.610. The van der Waals surface area contributed by atoms with Gasteiger partial charge in [-0.25, -0.2) is 0 Å². The van der Waals surface area contributed by atoms with E-state index in [1.165, 1.54) is 18.2 Å². The van der Waals surface area contributed by atoms with E-state index in [0.29, 0.717) is 22.1 Å². The summed E-state index contributed by atoms with van der Waals surface area (Å²) in [4.78, 5) is 23.8. The summed E-state index contributed by atoms with van der Waals surface area (Å²) in [6.45, 7) is 3.40. The fraction of sp³-hybridized carbons (Fsp3) is 0.143. The molecule has 110 valence electrons. The van der Waals surface area contributed by atoms with Gasteiger partial charge in [0.25, 0.3) is 11.8 Å². The lowest BCUT2D eigenvalue weighted by molar-refractivity contribution is 0.0845. The van der Waals surface area contributed by atoms with Crippen molar-refractivity contribution in [2.45, 2.75) is 13.8 Å². The minimum atomic E-state index is -0.500. The second-order valence-electron chi connectivity index (χ2n) is 4.36. The van der Waals surface area contributed by atoms with Crippen molar-refractivity contribution in [1.82, 2.24) is 10.9 Å². The zero-order valence-electron chi connectivity index (χ0n) is 11.3. The molecule has 21 heavy (non-hydrogen) atoms. The molecule has 0 fully saturated rings. The smallest absolute Gasteiger partial charge is 0.273 e. The predicted molar refractivity (Wildman–Crippen MR) is 79.6 cm³/mol. The molecular weight excluding hydrogens is 315 g/mol. The molecule has 2 aromatic rings. The maximum atomic E-state index is 11.9. The van der Waals surface area contributed by atoms with Gasteiger partial charge in [0.1, 0.15) is 11.5 Å². The van der Waals surface area contributed by atoms with Crippen molar-refractivity contribution in [3.63, 3.8) is 0 Å². The van der Waals surface area contributed by atoms with Crippen LogP contribution in [0, 0.1) is 13.8 Å². The number of nitrogens with one attached hydrogen (secondary N) is 2. The summed E-state index contributed by atoms with van der Waals surface area (Å²) in [6.07, 6.45) is 0. The summed E-state index contributed by atoms with van der Waals surface area (Å²) < 4.78 is 5.25. The number of furan rings is 1. The highest BCUT2D eigenvalue weighted by atomic mass is 35.5. The second-order valence-corrected chi connectivity index (χ2v) is 5.18. The molecule has 0 atom stereocenters. The van der Waals surface area contributed by atoms with Crippen molar-refractivity contribution in [1.29, 1.82) is 0 Å². The Kier molecular flexibility index (Phi) is 4.55. The summed E-state index contributed by atoms with van der Waals surface area (Å²) in [7, 11) is 0. The first kappa shape index (κ1) is 15.4. The van der Waals surface area contributed by atoms with Crippen LogP contribution in [0.4, 0.5) is 0 Å². The van der Waals surface area contributed by atoms with Gasteiger partial charge in [0.2, 0.25) is 0 Å². The van der Waals surface area contributed by atoms with Gasteiger partial charge in [-0.2, -0.15) is 0 Å². The van der Waals surface area contributed by atoms with Crippen LogP contribution < -0.4 is 10.9 Å². The average molecular weight is 327 g/mol. The first-order valence-corrected chi connectivity index (χ1v) is 6.77. The van der Waals surface area contributed by atoms with E-state index < -0.39 is 11.8 Å². The number of aryl methyl sites for hydroxylation is 2. The first-order chi connectivity index (χ1) is 9.88. The fourth-order valence-electron chi connectivity index (χ4n) is 1.75. The Morgan fingerprint density at radius 3 is 2.24 bits per heavy atom. The van der Waals surface area contributed by atoms with Gasteiger partial charge >= 0.3 is 0 Å². The van der Waals surface area contributed by atoms with E-state index in [1.807, 2.05) is 0 Å². The van der Waals surface area contributed by atoms with Crippen molar-refractivity contribution in [2.75, 3.05) is 0 Å². The molecule has 0 radical (unpaired) electrons. The average Bonchev–Trinajstić information content (AvgIpc) is 2.77. The molecule has 0 saturated heterocycles. The predicted octanol–water partition coefficient (Wildman–Crippen LogP) is 3.28. The lowest BCUT2D eigenvalue weighted by Crippen LogP contribution is -2.41. The molecule has 0 unspecified atom stereocenters. The standard InChI is InChI=1S/C14H12Cl2N2O3/c1-7-5-10(8(2)21-7)14(20)18-17-13(19)9-3-4-11(15)12(16)6-9/h3-6H,1-2H3,(H,17,19)(H,18,20). The van der Waals surface area contributed by atoms with Crippen LogP contribution in [0.5, 0.6) is 0 Å². The molecule has 2 rings (SSSR count). The number of halogens is 2. The Morgan fingerprint density at radius 1 is 1.00 bits per heavy atom. The summed E-state index contributed by atoms with van der Waals surface area (Å²) in [6, 6.07) is 6.02. The molecule has 0 aliphatic carbocycles. The van der Waals surface area contributed by atoms with Crippen LogP contribution in [0.15, 0.2) is 28.7 Å². The highest BCUT2D eigenvalue weighted by Crippen LogP contribution is 2.22. The van der Waals surface area contributed by atoms with E-state index in [-0.39, 0.29) is 10.6 Å². The zero-order chi connectivity index (χ0) is 15.6. The maximum Gasteiger partial charge on any atom is 0.273 e. The molecule has 0 bridgehead atoms. The quantitative estimate of drug-likeness (QED) is 0.832. The normalized spacial score (nSPS) is 10.3. The molecule has 0 saturated carbocycles. The molecule has 1 heterocycles. The molecule has 0 spiro atoms. The van der Waals surface area contributed by atoms with Crippen LogP contribution in [-0.4, -0.2) is 11.8 Å². The van der Waals surface area contributed by atoms with Gasteiger partial charge in [-0.3, -0.25) is 20.4 Å². The fourth-order valence-corrected chi connectivity index (χ4v) is 2.04. The van der Waals surface area contributed by atoms with Crippen molar-refractivity contribution in [2.24, 2.45) is 0 Å². The minimum absolute atomic E-state index is 0.261. The molecule has 7 heteroatoms. The summed E-state index contributed by atoms with van der Waals surface area (Å²) in [5.74, 6) is 0.139. The Labute approximate surface area is 131 Å². The van der Waals surface area contributed by atoms with Crippen LogP contribution in [0.1, 0.15) is 32.2 Å². The van der Waals surface area contributed by atoms with Gasteiger partial charge < -0.3 is 4.42 Å². The Bertz CT molecular complexity index is 710. The highest BCUT2D eigenvalue weighted by Gasteiger charge is 2.15. The Balaban J connectivity index is 2.02. The van der Waals surface area contributed by atoms with E-state index in [1.54, 1.807) is 19.9 Å². The third-order valence-corrected chi connectivity index (χ3v) is 3.50. The van der Waals surface area contributed by atoms with Gasteiger partial charge in [-0.05, 0) is 38.1 Å². The topological polar surface area (TPSA) is 71.3 Å². The maximum absolute atomic E-state index is 11.9. The SMILES string of the molecule is Cc1cc(C(=O)NNC(=O)c2ccc(Cl)c(Cl)c2)c(C)o1. The molecule has 5 nitrogen and oxygen atoms in total. The molecule has 2 amide bonds. The monoisotopic (exact) mass is 326 g/mol. The van der Waals surface area contributed by atoms with Crippen molar-refractivity contribution < 1.29 is 14.0 Å². The number of benzene rings is 1. The van der Waals surface area contributed by atoms with E-state index >= 15 is 0 Å². The van der Waals surface area contributed by atoms with Gasteiger partial charge in [-0.1, -0.05) is 23.2 Å². The third-order valence-electron chi connectivity index (χ3n) is 2.76. The number of carbonyl (C=O) groups is 2. The number of hydrazine groups is 1. The largest absolute Gasteiger partial charge is 0.466 e. The van der Waals surface area contributed by atoms with Crippen LogP contribution in [0.3, 0.4) is 0 Å². The molecule has 1 aromatic heterocycles. The zero-order valence-corrected chi connectivity index (χ0v) is 12.8. The van der Waals surface area contributed by atoms with Crippen LogP contribution in [0.25, 0.3) is 0 Å². The first-order valence-electron chi connectivity index (χ1n) is 6.01. The van der Waals surface area contributed by atoms with E-state index in [0.717, 1.165) is 0 Å².